The molecule has 0 aliphatic heterocycles. The molecule has 0 unspecified atom stereocenters. The Kier molecular flexibility index (Phi) is 4.09. The van der Waals surface area contributed by atoms with Crippen LogP contribution < -0.4 is 5.73 Å². The van der Waals surface area contributed by atoms with Crippen LogP contribution in [0, 0.1) is 6.92 Å². The number of nitrogens with two attached hydrogens (primary N) is 1. The van der Waals surface area contributed by atoms with Crippen molar-refractivity contribution in [3.63, 3.8) is 0 Å². The molecule has 1 aromatic heterocycles. The number of carbonyl (C=O) groups is 1. The summed E-state index contributed by atoms with van der Waals surface area (Å²) in [7, 11) is 0. The minimum Gasteiger partial charge on any atom is -0.477 e. The Hall–Kier alpha value is -1.49. The lowest BCUT2D eigenvalue weighted by Crippen LogP contribution is -2.07. The minimum absolute atomic E-state index is 0.123. The summed E-state index contributed by atoms with van der Waals surface area (Å²) in [5, 5.41) is 9.82. The monoisotopic (exact) mass is 330 g/mol. The van der Waals surface area contributed by atoms with E-state index < -0.39 is 5.97 Å². The Labute approximate surface area is 130 Å². The molecule has 1 heterocycles. The number of carboxylic acid groups (broad SMARTS) is 1. The van der Waals surface area contributed by atoms with E-state index >= 15 is 0 Å². The van der Waals surface area contributed by atoms with E-state index in [-0.39, 0.29) is 15.7 Å². The fourth-order valence-corrected chi connectivity index (χ4v) is 2.33. The largest absolute Gasteiger partial charge is 0.477 e. The molecular weight excluding hydrogens is 323 g/mol. The van der Waals surface area contributed by atoms with Gasteiger partial charge >= 0.3 is 5.97 Å². The van der Waals surface area contributed by atoms with Crippen LogP contribution in [0.15, 0.2) is 18.2 Å². The van der Waals surface area contributed by atoms with E-state index in [1.54, 1.807) is 25.1 Å². The van der Waals surface area contributed by atoms with Crippen LogP contribution >= 0.6 is 34.8 Å². The number of hydrogen-bond donors (Lipinski definition) is 2. The molecule has 4 nitrogen and oxygen atoms in total. The van der Waals surface area contributed by atoms with E-state index in [2.05, 4.69) is 4.98 Å². The number of nitrogens with zero attached hydrogens (tertiary/aromatic N) is 1. The molecule has 0 spiro atoms. The first-order chi connectivity index (χ1) is 9.32. The molecule has 0 saturated heterocycles. The van der Waals surface area contributed by atoms with Crippen LogP contribution in [0.1, 0.15) is 16.1 Å². The van der Waals surface area contributed by atoms with Gasteiger partial charge in [0.25, 0.3) is 0 Å². The summed E-state index contributed by atoms with van der Waals surface area (Å²) in [5.41, 5.74) is 7.20. The van der Waals surface area contributed by atoms with Gasteiger partial charge in [-0.15, -0.1) is 0 Å². The second-order valence-electron chi connectivity index (χ2n) is 4.10. The third kappa shape index (κ3) is 2.54. The van der Waals surface area contributed by atoms with E-state index in [0.29, 0.717) is 27.5 Å². The first-order valence-corrected chi connectivity index (χ1v) is 6.60. The van der Waals surface area contributed by atoms with Crippen LogP contribution in [0.5, 0.6) is 0 Å². The standard InChI is InChI=1S/C13H9Cl3N2O2/c1-5-8(17)4-9(18-12(5)13(19)20)6-2-3-7(14)11(16)10(6)15/h2-4H,1H3,(H2,17,18)(H,19,20). The highest BCUT2D eigenvalue weighted by Gasteiger charge is 2.17. The van der Waals surface area contributed by atoms with Crippen molar-refractivity contribution in [2.45, 2.75) is 6.92 Å². The molecule has 0 aliphatic carbocycles. The molecule has 104 valence electrons. The quantitative estimate of drug-likeness (QED) is 0.804. The van der Waals surface area contributed by atoms with Crippen LogP contribution in [0.2, 0.25) is 15.1 Å². The van der Waals surface area contributed by atoms with E-state index in [9.17, 15) is 4.79 Å². The van der Waals surface area contributed by atoms with Crippen molar-refractivity contribution in [1.29, 1.82) is 0 Å². The summed E-state index contributed by atoms with van der Waals surface area (Å²) in [6.07, 6.45) is 0. The second-order valence-corrected chi connectivity index (χ2v) is 5.26. The third-order valence-corrected chi connectivity index (χ3v) is 4.12. The number of nitrogen functional groups attached to an aromatic ring is 1. The number of benzene rings is 1. The Balaban J connectivity index is 2.71. The summed E-state index contributed by atoms with van der Waals surface area (Å²) in [6, 6.07) is 4.72. The summed E-state index contributed by atoms with van der Waals surface area (Å²) in [4.78, 5) is 15.2. The fraction of sp³-hybridized carbons (Fsp3) is 0.0769. The number of hydrogen-bond acceptors (Lipinski definition) is 3. The Morgan fingerprint density at radius 3 is 2.50 bits per heavy atom. The van der Waals surface area contributed by atoms with E-state index in [1.807, 2.05) is 0 Å². The van der Waals surface area contributed by atoms with Crippen LogP contribution in [-0.4, -0.2) is 16.1 Å². The van der Waals surface area contributed by atoms with Gasteiger partial charge in [-0.1, -0.05) is 34.8 Å². The van der Waals surface area contributed by atoms with Crippen LogP contribution in [0.4, 0.5) is 5.69 Å². The summed E-state index contributed by atoms with van der Waals surface area (Å²) < 4.78 is 0. The fourth-order valence-electron chi connectivity index (χ4n) is 1.70. The van der Waals surface area contributed by atoms with Gasteiger partial charge in [0, 0.05) is 16.8 Å². The molecular formula is C13H9Cl3N2O2. The van der Waals surface area contributed by atoms with E-state index in [1.165, 1.54) is 0 Å². The predicted molar refractivity (Wildman–Crippen MR) is 80.8 cm³/mol. The molecule has 0 fully saturated rings. The topological polar surface area (TPSA) is 76.2 Å². The van der Waals surface area contributed by atoms with Crippen LogP contribution in [0.3, 0.4) is 0 Å². The molecule has 2 rings (SSSR count). The molecule has 7 heteroatoms. The van der Waals surface area contributed by atoms with Crippen molar-refractivity contribution in [2.24, 2.45) is 0 Å². The smallest absolute Gasteiger partial charge is 0.354 e. The van der Waals surface area contributed by atoms with E-state index in [0.717, 1.165) is 0 Å². The van der Waals surface area contributed by atoms with Crippen molar-refractivity contribution in [3.8, 4) is 11.3 Å². The molecule has 0 saturated carbocycles. The zero-order valence-electron chi connectivity index (χ0n) is 10.2. The number of rotatable bonds is 2. The van der Waals surface area contributed by atoms with Crippen LogP contribution in [0.25, 0.3) is 11.3 Å². The molecule has 0 bridgehead atoms. The lowest BCUT2D eigenvalue weighted by atomic mass is 10.1. The zero-order chi connectivity index (χ0) is 15.0. The Morgan fingerprint density at radius 2 is 1.90 bits per heavy atom. The number of aromatic carboxylic acids is 1. The van der Waals surface area contributed by atoms with Gasteiger partial charge in [0.15, 0.2) is 5.69 Å². The average molecular weight is 332 g/mol. The Morgan fingerprint density at radius 1 is 1.25 bits per heavy atom. The van der Waals surface area contributed by atoms with Crippen molar-refractivity contribution < 1.29 is 9.90 Å². The van der Waals surface area contributed by atoms with Gasteiger partial charge in [-0.05, 0) is 25.1 Å². The molecule has 0 atom stereocenters. The summed E-state index contributed by atoms with van der Waals surface area (Å²) in [5.74, 6) is -1.16. The maximum atomic E-state index is 11.2. The van der Waals surface area contributed by atoms with Crippen molar-refractivity contribution in [1.82, 2.24) is 4.98 Å². The average Bonchev–Trinajstić information content (AvgIpc) is 2.39. The molecule has 20 heavy (non-hydrogen) atoms. The highest BCUT2D eigenvalue weighted by atomic mass is 35.5. The number of aromatic nitrogens is 1. The predicted octanol–water partition coefficient (Wildman–Crippen LogP) is 4.30. The number of pyridine rings is 1. The highest BCUT2D eigenvalue weighted by Crippen LogP contribution is 2.38. The third-order valence-electron chi connectivity index (χ3n) is 2.83. The molecule has 3 N–H and O–H groups in total. The zero-order valence-corrected chi connectivity index (χ0v) is 12.5. The number of halogens is 3. The van der Waals surface area contributed by atoms with Gasteiger partial charge in [0.1, 0.15) is 0 Å². The first-order valence-electron chi connectivity index (χ1n) is 5.47. The molecule has 2 aromatic rings. The summed E-state index contributed by atoms with van der Waals surface area (Å²) in [6.45, 7) is 1.59. The first kappa shape index (κ1) is 14.9. The van der Waals surface area contributed by atoms with Gasteiger partial charge in [-0.25, -0.2) is 9.78 Å². The van der Waals surface area contributed by atoms with Gasteiger partial charge < -0.3 is 10.8 Å². The summed E-state index contributed by atoms with van der Waals surface area (Å²) >= 11 is 17.9. The Bertz CT molecular complexity index is 717. The molecule has 0 radical (unpaired) electrons. The van der Waals surface area contributed by atoms with Gasteiger partial charge in [0.2, 0.25) is 0 Å². The van der Waals surface area contributed by atoms with Gasteiger partial charge in [0.05, 0.1) is 20.8 Å². The lowest BCUT2D eigenvalue weighted by molar-refractivity contribution is 0.0690. The second kappa shape index (κ2) is 5.48. The van der Waals surface area contributed by atoms with Gasteiger partial charge in [-0.2, -0.15) is 0 Å². The highest BCUT2D eigenvalue weighted by molar-refractivity contribution is 6.49. The number of carboxylic acids is 1. The molecule has 1 aromatic carbocycles. The molecule has 0 aliphatic rings. The maximum absolute atomic E-state index is 11.2. The maximum Gasteiger partial charge on any atom is 0.354 e. The normalized spacial score (nSPS) is 10.6. The van der Waals surface area contributed by atoms with Crippen molar-refractivity contribution in [2.75, 3.05) is 5.73 Å². The minimum atomic E-state index is -1.16. The van der Waals surface area contributed by atoms with Crippen molar-refractivity contribution >= 4 is 46.5 Å². The SMILES string of the molecule is Cc1c(N)cc(-c2ccc(Cl)c(Cl)c2Cl)nc1C(=O)O. The van der Waals surface area contributed by atoms with Crippen molar-refractivity contribution in [3.05, 3.63) is 44.5 Å². The number of anilines is 1. The molecule has 0 amide bonds. The van der Waals surface area contributed by atoms with E-state index in [4.69, 9.17) is 45.6 Å². The lowest BCUT2D eigenvalue weighted by Gasteiger charge is -2.11. The van der Waals surface area contributed by atoms with Gasteiger partial charge in [-0.3, -0.25) is 0 Å². The van der Waals surface area contributed by atoms with Crippen LogP contribution in [-0.2, 0) is 0 Å².